The van der Waals surface area contributed by atoms with Gasteiger partial charge in [-0.1, -0.05) is 18.2 Å². The second-order valence-corrected chi connectivity index (χ2v) is 4.12. The molecule has 0 spiro atoms. The third-order valence-electron chi connectivity index (χ3n) is 2.64. The summed E-state index contributed by atoms with van der Waals surface area (Å²) in [4.78, 5) is 4.35. The van der Waals surface area contributed by atoms with Gasteiger partial charge in [-0.2, -0.15) is 0 Å². The van der Waals surface area contributed by atoms with Gasteiger partial charge in [0.25, 0.3) is 0 Å². The zero-order valence-electron chi connectivity index (χ0n) is 10.2. The Morgan fingerprint density at radius 3 is 2.72 bits per heavy atom. The number of nitrogens with one attached hydrogen (secondary N) is 1. The molecule has 1 aromatic carbocycles. The molecule has 0 atom stereocenters. The number of halogens is 1. The van der Waals surface area contributed by atoms with Crippen LogP contribution in [0.1, 0.15) is 17.0 Å². The standard InChI is InChI=1S/C14H15FN2O/c1-10-4-2-6-12(17-10)9-16-8-11-5-3-7-13(15)14(11)18/h2-7,16,18H,8-9H2,1H3. The molecule has 3 nitrogen and oxygen atoms in total. The summed E-state index contributed by atoms with van der Waals surface area (Å²) in [6, 6.07) is 10.3. The highest BCUT2D eigenvalue weighted by molar-refractivity contribution is 5.33. The summed E-state index contributed by atoms with van der Waals surface area (Å²) in [5.41, 5.74) is 2.43. The number of rotatable bonds is 4. The van der Waals surface area contributed by atoms with Gasteiger partial charge in [-0.05, 0) is 25.1 Å². The molecule has 18 heavy (non-hydrogen) atoms. The van der Waals surface area contributed by atoms with Crippen molar-refractivity contribution in [3.05, 3.63) is 59.2 Å². The quantitative estimate of drug-likeness (QED) is 0.871. The Morgan fingerprint density at radius 1 is 1.17 bits per heavy atom. The van der Waals surface area contributed by atoms with Gasteiger partial charge in [0.15, 0.2) is 11.6 Å². The zero-order chi connectivity index (χ0) is 13.0. The van der Waals surface area contributed by atoms with Gasteiger partial charge in [0.05, 0.1) is 5.69 Å². The van der Waals surface area contributed by atoms with Crippen molar-refractivity contribution < 1.29 is 9.50 Å². The van der Waals surface area contributed by atoms with Gasteiger partial charge in [-0.3, -0.25) is 4.98 Å². The number of phenols is 1. The maximum atomic E-state index is 13.1. The first kappa shape index (κ1) is 12.5. The largest absolute Gasteiger partial charge is 0.505 e. The number of hydrogen-bond acceptors (Lipinski definition) is 3. The Kier molecular flexibility index (Phi) is 3.89. The Labute approximate surface area is 105 Å². The monoisotopic (exact) mass is 246 g/mol. The average Bonchev–Trinajstić information content (AvgIpc) is 2.35. The van der Waals surface area contributed by atoms with Crippen molar-refractivity contribution in [2.45, 2.75) is 20.0 Å². The molecule has 2 rings (SSSR count). The van der Waals surface area contributed by atoms with Crippen molar-refractivity contribution in [2.75, 3.05) is 0 Å². The highest BCUT2D eigenvalue weighted by Crippen LogP contribution is 2.20. The van der Waals surface area contributed by atoms with Gasteiger partial charge in [-0.15, -0.1) is 0 Å². The van der Waals surface area contributed by atoms with Crippen molar-refractivity contribution in [1.29, 1.82) is 0 Å². The predicted octanol–water partition coefficient (Wildman–Crippen LogP) is 2.52. The van der Waals surface area contributed by atoms with Crippen LogP contribution in [-0.2, 0) is 13.1 Å². The number of aryl methyl sites for hydroxylation is 1. The molecule has 0 radical (unpaired) electrons. The molecule has 0 aliphatic rings. The molecule has 0 bridgehead atoms. The molecule has 4 heteroatoms. The minimum Gasteiger partial charge on any atom is -0.505 e. The SMILES string of the molecule is Cc1cccc(CNCc2cccc(F)c2O)n1. The van der Waals surface area contributed by atoms with Crippen LogP contribution < -0.4 is 5.32 Å². The van der Waals surface area contributed by atoms with Gasteiger partial charge < -0.3 is 10.4 Å². The van der Waals surface area contributed by atoms with Crippen LogP contribution in [0.4, 0.5) is 4.39 Å². The van der Waals surface area contributed by atoms with E-state index < -0.39 is 5.82 Å². The molecule has 1 heterocycles. The lowest BCUT2D eigenvalue weighted by Gasteiger charge is -2.07. The highest BCUT2D eigenvalue weighted by Gasteiger charge is 2.05. The molecule has 0 aliphatic heterocycles. The first-order valence-electron chi connectivity index (χ1n) is 5.76. The number of para-hydroxylation sites is 1. The first-order chi connectivity index (χ1) is 8.66. The lowest BCUT2D eigenvalue weighted by molar-refractivity contribution is 0.423. The molecule has 0 fully saturated rings. The van der Waals surface area contributed by atoms with Crippen molar-refractivity contribution >= 4 is 0 Å². The van der Waals surface area contributed by atoms with Gasteiger partial charge in [0.2, 0.25) is 0 Å². The normalized spacial score (nSPS) is 10.6. The van der Waals surface area contributed by atoms with Crippen LogP contribution >= 0.6 is 0 Å². The summed E-state index contributed by atoms with van der Waals surface area (Å²) >= 11 is 0. The molecule has 0 amide bonds. The van der Waals surface area contributed by atoms with Gasteiger partial charge >= 0.3 is 0 Å². The summed E-state index contributed by atoms with van der Waals surface area (Å²) in [5, 5.41) is 12.6. The Hall–Kier alpha value is -1.94. The van der Waals surface area contributed by atoms with Crippen molar-refractivity contribution in [3.63, 3.8) is 0 Å². The molecule has 0 saturated heterocycles. The van der Waals surface area contributed by atoms with Crippen LogP contribution in [0.15, 0.2) is 36.4 Å². The van der Waals surface area contributed by atoms with E-state index in [0.29, 0.717) is 18.7 Å². The van der Waals surface area contributed by atoms with E-state index in [1.807, 2.05) is 25.1 Å². The van der Waals surface area contributed by atoms with E-state index in [4.69, 9.17) is 0 Å². The number of benzene rings is 1. The van der Waals surface area contributed by atoms with Crippen LogP contribution in [0, 0.1) is 12.7 Å². The van der Waals surface area contributed by atoms with Crippen molar-refractivity contribution in [3.8, 4) is 5.75 Å². The van der Waals surface area contributed by atoms with Gasteiger partial charge in [0.1, 0.15) is 0 Å². The lowest BCUT2D eigenvalue weighted by Crippen LogP contribution is -2.14. The molecule has 0 saturated carbocycles. The fourth-order valence-electron chi connectivity index (χ4n) is 1.73. The van der Waals surface area contributed by atoms with Crippen LogP contribution in [0.5, 0.6) is 5.75 Å². The fraction of sp³-hybridized carbons (Fsp3) is 0.214. The molecular formula is C14H15FN2O. The predicted molar refractivity (Wildman–Crippen MR) is 67.6 cm³/mol. The third kappa shape index (κ3) is 3.05. The minimum absolute atomic E-state index is 0.290. The topological polar surface area (TPSA) is 45.1 Å². The lowest BCUT2D eigenvalue weighted by atomic mass is 10.2. The summed E-state index contributed by atoms with van der Waals surface area (Å²) < 4.78 is 13.1. The summed E-state index contributed by atoms with van der Waals surface area (Å²) in [5.74, 6) is -0.884. The molecule has 0 unspecified atom stereocenters. The van der Waals surface area contributed by atoms with E-state index in [-0.39, 0.29) is 5.75 Å². The number of pyridine rings is 1. The molecule has 1 aromatic heterocycles. The number of phenolic OH excluding ortho intramolecular Hbond substituents is 1. The number of aromatic hydroxyl groups is 1. The maximum Gasteiger partial charge on any atom is 0.165 e. The number of nitrogens with zero attached hydrogens (tertiary/aromatic N) is 1. The first-order valence-corrected chi connectivity index (χ1v) is 5.76. The van der Waals surface area contributed by atoms with Crippen LogP contribution in [0.25, 0.3) is 0 Å². The Bertz CT molecular complexity index is 543. The molecule has 94 valence electrons. The molecular weight excluding hydrogens is 231 g/mol. The van der Waals surface area contributed by atoms with Crippen LogP contribution in [-0.4, -0.2) is 10.1 Å². The van der Waals surface area contributed by atoms with Crippen molar-refractivity contribution in [1.82, 2.24) is 10.3 Å². The van der Waals surface area contributed by atoms with Crippen LogP contribution in [0.3, 0.4) is 0 Å². The fourth-order valence-corrected chi connectivity index (χ4v) is 1.73. The Balaban J connectivity index is 1.94. The third-order valence-corrected chi connectivity index (χ3v) is 2.64. The van der Waals surface area contributed by atoms with E-state index in [1.165, 1.54) is 6.07 Å². The smallest absolute Gasteiger partial charge is 0.165 e. The average molecular weight is 246 g/mol. The Morgan fingerprint density at radius 2 is 1.94 bits per heavy atom. The number of aromatic nitrogens is 1. The zero-order valence-corrected chi connectivity index (χ0v) is 10.2. The molecule has 2 aromatic rings. The van der Waals surface area contributed by atoms with E-state index in [9.17, 15) is 9.50 Å². The second-order valence-electron chi connectivity index (χ2n) is 4.12. The summed E-state index contributed by atoms with van der Waals surface area (Å²) in [7, 11) is 0. The molecule has 2 N–H and O–H groups in total. The second kappa shape index (κ2) is 5.60. The van der Waals surface area contributed by atoms with E-state index >= 15 is 0 Å². The van der Waals surface area contributed by atoms with Gasteiger partial charge in [0, 0.05) is 24.3 Å². The highest BCUT2D eigenvalue weighted by atomic mass is 19.1. The number of hydrogen-bond donors (Lipinski definition) is 2. The van der Waals surface area contributed by atoms with E-state index in [2.05, 4.69) is 10.3 Å². The summed E-state index contributed by atoms with van der Waals surface area (Å²) in [6.45, 7) is 2.92. The van der Waals surface area contributed by atoms with Crippen molar-refractivity contribution in [2.24, 2.45) is 0 Å². The van der Waals surface area contributed by atoms with Crippen LogP contribution in [0.2, 0.25) is 0 Å². The minimum atomic E-state index is -0.594. The molecule has 0 aliphatic carbocycles. The summed E-state index contributed by atoms with van der Waals surface area (Å²) in [6.07, 6.45) is 0. The maximum absolute atomic E-state index is 13.1. The van der Waals surface area contributed by atoms with E-state index in [0.717, 1.165) is 11.4 Å². The van der Waals surface area contributed by atoms with E-state index in [1.54, 1.807) is 12.1 Å². The van der Waals surface area contributed by atoms with Gasteiger partial charge in [-0.25, -0.2) is 4.39 Å².